The molecule has 3 unspecified atom stereocenters. The van der Waals surface area contributed by atoms with Crippen LogP contribution in [-0.2, 0) is 4.79 Å². The second-order valence-electron chi connectivity index (χ2n) is 6.09. The molecule has 2 fully saturated rings. The SMILES string of the molecule is CCC(C)C1NC(CC)N(CC2CCCC2)C1=O. The Morgan fingerprint density at radius 2 is 2.00 bits per heavy atom. The zero-order chi connectivity index (χ0) is 13.1. The third-order valence-electron chi connectivity index (χ3n) is 4.83. The minimum atomic E-state index is 0.0568. The van der Waals surface area contributed by atoms with Crippen molar-refractivity contribution in [2.75, 3.05) is 6.54 Å². The second kappa shape index (κ2) is 6.05. The van der Waals surface area contributed by atoms with E-state index in [2.05, 4.69) is 31.0 Å². The molecule has 2 rings (SSSR count). The molecule has 1 aliphatic carbocycles. The zero-order valence-electron chi connectivity index (χ0n) is 12.1. The van der Waals surface area contributed by atoms with Crippen LogP contribution in [0, 0.1) is 11.8 Å². The molecule has 1 saturated carbocycles. The van der Waals surface area contributed by atoms with Gasteiger partial charge in [0.2, 0.25) is 5.91 Å². The predicted octanol–water partition coefficient (Wildman–Crippen LogP) is 2.76. The first-order valence-electron chi connectivity index (χ1n) is 7.73. The van der Waals surface area contributed by atoms with Crippen LogP contribution in [0.15, 0.2) is 0 Å². The van der Waals surface area contributed by atoms with Gasteiger partial charge in [0.15, 0.2) is 0 Å². The highest BCUT2D eigenvalue weighted by molar-refractivity contribution is 5.84. The molecule has 1 N–H and O–H groups in total. The van der Waals surface area contributed by atoms with Crippen LogP contribution in [0.1, 0.15) is 59.3 Å². The topological polar surface area (TPSA) is 32.3 Å². The fourth-order valence-corrected chi connectivity index (χ4v) is 3.37. The molecule has 0 aromatic heterocycles. The van der Waals surface area contributed by atoms with E-state index < -0.39 is 0 Å². The Morgan fingerprint density at radius 3 is 2.56 bits per heavy atom. The number of nitrogens with zero attached hydrogens (tertiary/aromatic N) is 1. The summed E-state index contributed by atoms with van der Waals surface area (Å²) in [5, 5.41) is 3.54. The van der Waals surface area contributed by atoms with Crippen molar-refractivity contribution in [3.8, 4) is 0 Å². The fourth-order valence-electron chi connectivity index (χ4n) is 3.37. The Bertz CT molecular complexity index is 286. The maximum atomic E-state index is 12.5. The molecule has 0 spiro atoms. The molecule has 3 atom stereocenters. The Hall–Kier alpha value is -0.570. The van der Waals surface area contributed by atoms with Crippen LogP contribution in [0.4, 0.5) is 0 Å². The van der Waals surface area contributed by atoms with Crippen molar-refractivity contribution in [1.29, 1.82) is 0 Å². The number of amides is 1. The number of carbonyl (C=O) groups is 1. The lowest BCUT2D eigenvalue weighted by atomic mass is 9.99. The summed E-state index contributed by atoms with van der Waals surface area (Å²) in [4.78, 5) is 14.7. The standard InChI is InChI=1S/C15H28N2O/c1-4-11(3)14-15(18)17(13(5-2)16-14)10-12-8-6-7-9-12/h11-14,16H,4-10H2,1-3H3. The summed E-state index contributed by atoms with van der Waals surface area (Å²) in [6, 6.07) is 0.0568. The smallest absolute Gasteiger partial charge is 0.241 e. The Morgan fingerprint density at radius 1 is 1.33 bits per heavy atom. The van der Waals surface area contributed by atoms with Crippen LogP contribution in [0.5, 0.6) is 0 Å². The van der Waals surface area contributed by atoms with Crippen LogP contribution >= 0.6 is 0 Å². The second-order valence-corrected chi connectivity index (χ2v) is 6.09. The van der Waals surface area contributed by atoms with Gasteiger partial charge in [-0.15, -0.1) is 0 Å². The van der Waals surface area contributed by atoms with Crippen LogP contribution < -0.4 is 5.32 Å². The molecule has 0 aromatic carbocycles. The largest absolute Gasteiger partial charge is 0.326 e. The van der Waals surface area contributed by atoms with Crippen molar-refractivity contribution < 1.29 is 4.79 Å². The highest BCUT2D eigenvalue weighted by atomic mass is 16.2. The van der Waals surface area contributed by atoms with Gasteiger partial charge in [0.05, 0.1) is 12.2 Å². The molecule has 104 valence electrons. The van der Waals surface area contributed by atoms with Gasteiger partial charge in [0, 0.05) is 6.54 Å². The Labute approximate surface area is 111 Å². The summed E-state index contributed by atoms with van der Waals surface area (Å²) in [6.07, 6.45) is 7.69. The minimum Gasteiger partial charge on any atom is -0.326 e. The van der Waals surface area contributed by atoms with Crippen molar-refractivity contribution in [2.24, 2.45) is 11.8 Å². The molecule has 0 bridgehead atoms. The number of hydrogen-bond donors (Lipinski definition) is 1. The highest BCUT2D eigenvalue weighted by Crippen LogP contribution is 2.29. The first-order chi connectivity index (χ1) is 8.67. The summed E-state index contributed by atoms with van der Waals surface area (Å²) in [5.41, 5.74) is 0. The monoisotopic (exact) mass is 252 g/mol. The maximum absolute atomic E-state index is 12.5. The van der Waals surface area contributed by atoms with E-state index in [1.807, 2.05) is 0 Å². The van der Waals surface area contributed by atoms with E-state index in [-0.39, 0.29) is 12.2 Å². The zero-order valence-corrected chi connectivity index (χ0v) is 12.1. The Balaban J connectivity index is 2.00. The molecular formula is C15H28N2O. The molecule has 1 amide bonds. The van der Waals surface area contributed by atoms with Crippen molar-refractivity contribution >= 4 is 5.91 Å². The lowest BCUT2D eigenvalue weighted by molar-refractivity contribution is -0.131. The van der Waals surface area contributed by atoms with Crippen LogP contribution in [0.3, 0.4) is 0 Å². The van der Waals surface area contributed by atoms with Crippen molar-refractivity contribution in [3.63, 3.8) is 0 Å². The summed E-state index contributed by atoms with van der Waals surface area (Å²) in [7, 11) is 0. The predicted molar refractivity (Wildman–Crippen MR) is 74.1 cm³/mol. The summed E-state index contributed by atoms with van der Waals surface area (Å²) >= 11 is 0. The summed E-state index contributed by atoms with van der Waals surface area (Å²) in [6.45, 7) is 7.50. The van der Waals surface area contributed by atoms with E-state index in [0.717, 1.165) is 25.3 Å². The van der Waals surface area contributed by atoms with E-state index in [4.69, 9.17) is 0 Å². The normalized spacial score (nSPS) is 31.3. The molecule has 3 nitrogen and oxygen atoms in total. The molecule has 3 heteroatoms. The summed E-state index contributed by atoms with van der Waals surface area (Å²) < 4.78 is 0. The molecule has 18 heavy (non-hydrogen) atoms. The molecule has 1 heterocycles. The van der Waals surface area contributed by atoms with E-state index in [1.165, 1.54) is 25.7 Å². The number of hydrogen-bond acceptors (Lipinski definition) is 2. The third kappa shape index (κ3) is 2.71. The van der Waals surface area contributed by atoms with Gasteiger partial charge in [-0.1, -0.05) is 40.0 Å². The highest BCUT2D eigenvalue weighted by Gasteiger charge is 2.40. The molecule has 0 aromatic rings. The average Bonchev–Trinajstić information content (AvgIpc) is 2.99. The van der Waals surface area contributed by atoms with Crippen molar-refractivity contribution in [2.45, 2.75) is 71.5 Å². The average molecular weight is 252 g/mol. The fraction of sp³-hybridized carbons (Fsp3) is 0.933. The lowest BCUT2D eigenvalue weighted by Gasteiger charge is -2.26. The van der Waals surface area contributed by atoms with E-state index in [1.54, 1.807) is 0 Å². The van der Waals surface area contributed by atoms with E-state index >= 15 is 0 Å². The third-order valence-corrected chi connectivity index (χ3v) is 4.83. The summed E-state index contributed by atoms with van der Waals surface area (Å²) in [5.74, 6) is 1.55. The van der Waals surface area contributed by atoms with Gasteiger partial charge in [-0.2, -0.15) is 0 Å². The molecule has 2 aliphatic rings. The number of carbonyl (C=O) groups excluding carboxylic acids is 1. The van der Waals surface area contributed by atoms with Crippen LogP contribution in [0.25, 0.3) is 0 Å². The van der Waals surface area contributed by atoms with Gasteiger partial charge < -0.3 is 4.90 Å². The minimum absolute atomic E-state index is 0.0568. The van der Waals surface area contributed by atoms with Crippen molar-refractivity contribution in [1.82, 2.24) is 10.2 Å². The van der Waals surface area contributed by atoms with E-state index in [0.29, 0.717) is 11.8 Å². The molecular weight excluding hydrogens is 224 g/mol. The van der Waals surface area contributed by atoms with Gasteiger partial charge in [-0.3, -0.25) is 10.1 Å². The van der Waals surface area contributed by atoms with Gasteiger partial charge in [-0.05, 0) is 31.1 Å². The van der Waals surface area contributed by atoms with E-state index in [9.17, 15) is 4.79 Å². The maximum Gasteiger partial charge on any atom is 0.241 e. The van der Waals surface area contributed by atoms with Crippen molar-refractivity contribution in [3.05, 3.63) is 0 Å². The van der Waals surface area contributed by atoms with Gasteiger partial charge >= 0.3 is 0 Å². The van der Waals surface area contributed by atoms with Crippen LogP contribution in [-0.4, -0.2) is 29.6 Å². The molecule has 1 aliphatic heterocycles. The van der Waals surface area contributed by atoms with Crippen LogP contribution in [0.2, 0.25) is 0 Å². The molecule has 0 radical (unpaired) electrons. The Kier molecular flexibility index (Phi) is 4.66. The number of nitrogens with one attached hydrogen (secondary N) is 1. The molecule has 1 saturated heterocycles. The first-order valence-corrected chi connectivity index (χ1v) is 7.73. The van der Waals surface area contributed by atoms with Gasteiger partial charge in [-0.25, -0.2) is 0 Å². The first kappa shape index (κ1) is 13.9. The lowest BCUT2D eigenvalue weighted by Crippen LogP contribution is -2.39. The number of rotatable bonds is 5. The quantitative estimate of drug-likeness (QED) is 0.816. The van der Waals surface area contributed by atoms with Gasteiger partial charge in [0.25, 0.3) is 0 Å². The van der Waals surface area contributed by atoms with Gasteiger partial charge in [0.1, 0.15) is 0 Å².